The molecule has 0 aliphatic rings. The molecule has 17 heavy (non-hydrogen) atoms. The van der Waals surface area contributed by atoms with Crippen molar-refractivity contribution in [3.8, 4) is 0 Å². The van der Waals surface area contributed by atoms with E-state index in [1.165, 1.54) is 5.56 Å². The molecule has 4 nitrogen and oxygen atoms in total. The highest BCUT2D eigenvalue weighted by molar-refractivity contribution is 5.56. The van der Waals surface area contributed by atoms with Gasteiger partial charge in [0.15, 0.2) is 11.6 Å². The van der Waals surface area contributed by atoms with Crippen molar-refractivity contribution in [1.29, 1.82) is 0 Å². The van der Waals surface area contributed by atoms with Gasteiger partial charge in [-0.1, -0.05) is 30.3 Å². The summed E-state index contributed by atoms with van der Waals surface area (Å²) in [5, 5.41) is 3.20. The van der Waals surface area contributed by atoms with Crippen LogP contribution in [0.1, 0.15) is 17.0 Å². The summed E-state index contributed by atoms with van der Waals surface area (Å²) in [5.74, 6) is 1.10. The third-order valence-electron chi connectivity index (χ3n) is 2.64. The van der Waals surface area contributed by atoms with Crippen LogP contribution in [-0.2, 0) is 6.54 Å². The first-order valence-corrected chi connectivity index (χ1v) is 5.55. The van der Waals surface area contributed by atoms with Gasteiger partial charge in [0.25, 0.3) is 0 Å². The first-order valence-electron chi connectivity index (χ1n) is 5.55. The number of nitrogens with zero attached hydrogens (tertiary/aromatic N) is 2. The Kier molecular flexibility index (Phi) is 3.23. The lowest BCUT2D eigenvalue weighted by Crippen LogP contribution is -2.08. The van der Waals surface area contributed by atoms with E-state index in [0.29, 0.717) is 18.2 Å². The van der Waals surface area contributed by atoms with Crippen LogP contribution < -0.4 is 11.1 Å². The quantitative estimate of drug-likeness (QED) is 0.846. The highest BCUT2D eigenvalue weighted by Crippen LogP contribution is 2.15. The minimum absolute atomic E-state index is 0.448. The van der Waals surface area contributed by atoms with E-state index in [1.807, 2.05) is 32.0 Å². The Bertz CT molecular complexity index is 508. The van der Waals surface area contributed by atoms with Gasteiger partial charge in [-0.05, 0) is 19.4 Å². The van der Waals surface area contributed by atoms with Crippen molar-refractivity contribution in [1.82, 2.24) is 9.97 Å². The number of anilines is 2. The number of hydrogen-bond acceptors (Lipinski definition) is 4. The normalized spacial score (nSPS) is 10.2. The van der Waals surface area contributed by atoms with Gasteiger partial charge in [0.2, 0.25) is 0 Å². The Hall–Kier alpha value is -2.10. The topological polar surface area (TPSA) is 63.8 Å². The van der Waals surface area contributed by atoms with Gasteiger partial charge in [-0.25, -0.2) is 9.97 Å². The van der Waals surface area contributed by atoms with Gasteiger partial charge in [0, 0.05) is 6.54 Å². The summed E-state index contributed by atoms with van der Waals surface area (Å²) in [6, 6.07) is 10.1. The van der Waals surface area contributed by atoms with Crippen LogP contribution in [0.3, 0.4) is 0 Å². The molecule has 0 aliphatic heterocycles. The van der Waals surface area contributed by atoms with Crippen LogP contribution >= 0.6 is 0 Å². The molecule has 1 heterocycles. The number of nitrogen functional groups attached to an aromatic ring is 1. The number of benzene rings is 1. The van der Waals surface area contributed by atoms with E-state index in [-0.39, 0.29) is 0 Å². The first-order chi connectivity index (χ1) is 8.16. The van der Waals surface area contributed by atoms with Crippen LogP contribution in [0.5, 0.6) is 0 Å². The van der Waals surface area contributed by atoms with Crippen LogP contribution in [0.25, 0.3) is 0 Å². The lowest BCUT2D eigenvalue weighted by atomic mass is 10.2. The SMILES string of the molecule is Cc1nc(N)c(NCc2ccccc2)nc1C. The molecule has 0 aliphatic carbocycles. The van der Waals surface area contributed by atoms with Crippen molar-refractivity contribution >= 4 is 11.6 Å². The molecule has 88 valence electrons. The van der Waals surface area contributed by atoms with E-state index in [1.54, 1.807) is 0 Å². The first kappa shape index (κ1) is 11.4. The lowest BCUT2D eigenvalue weighted by Gasteiger charge is -2.09. The Morgan fingerprint density at radius 3 is 2.41 bits per heavy atom. The number of nitrogens with one attached hydrogen (secondary N) is 1. The van der Waals surface area contributed by atoms with Gasteiger partial charge in [-0.15, -0.1) is 0 Å². The molecule has 3 N–H and O–H groups in total. The molecule has 0 unspecified atom stereocenters. The Balaban J connectivity index is 2.12. The average molecular weight is 228 g/mol. The van der Waals surface area contributed by atoms with Gasteiger partial charge in [-0.3, -0.25) is 0 Å². The number of aromatic nitrogens is 2. The fourth-order valence-electron chi connectivity index (χ4n) is 1.53. The zero-order valence-electron chi connectivity index (χ0n) is 10.1. The van der Waals surface area contributed by atoms with E-state index in [9.17, 15) is 0 Å². The Morgan fingerprint density at radius 2 is 1.71 bits per heavy atom. The number of nitrogens with two attached hydrogens (primary N) is 1. The predicted molar refractivity (Wildman–Crippen MR) is 69.7 cm³/mol. The van der Waals surface area contributed by atoms with Crippen molar-refractivity contribution in [3.63, 3.8) is 0 Å². The molecule has 1 aromatic carbocycles. The van der Waals surface area contributed by atoms with Gasteiger partial charge in [-0.2, -0.15) is 0 Å². The molecule has 2 aromatic rings. The summed E-state index contributed by atoms with van der Waals surface area (Å²) in [6.07, 6.45) is 0. The summed E-state index contributed by atoms with van der Waals surface area (Å²) >= 11 is 0. The van der Waals surface area contributed by atoms with Crippen LogP contribution in [0.2, 0.25) is 0 Å². The minimum Gasteiger partial charge on any atom is -0.381 e. The predicted octanol–water partition coefficient (Wildman–Crippen LogP) is 2.29. The van der Waals surface area contributed by atoms with Crippen LogP contribution in [0.15, 0.2) is 30.3 Å². The molecule has 0 atom stereocenters. The summed E-state index contributed by atoms with van der Waals surface area (Å²) in [5.41, 5.74) is 8.77. The van der Waals surface area contributed by atoms with E-state index in [0.717, 1.165) is 11.4 Å². The van der Waals surface area contributed by atoms with Crippen LogP contribution in [-0.4, -0.2) is 9.97 Å². The second-order valence-electron chi connectivity index (χ2n) is 3.97. The largest absolute Gasteiger partial charge is 0.381 e. The summed E-state index contributed by atoms with van der Waals surface area (Å²) in [4.78, 5) is 8.63. The molecule has 2 rings (SSSR count). The Labute approximate surface area is 101 Å². The zero-order chi connectivity index (χ0) is 12.3. The van der Waals surface area contributed by atoms with Gasteiger partial charge >= 0.3 is 0 Å². The molecule has 1 aromatic heterocycles. The smallest absolute Gasteiger partial charge is 0.169 e. The van der Waals surface area contributed by atoms with E-state index in [2.05, 4.69) is 27.4 Å². The second kappa shape index (κ2) is 4.82. The maximum absolute atomic E-state index is 5.82. The third kappa shape index (κ3) is 2.72. The highest BCUT2D eigenvalue weighted by Gasteiger charge is 2.05. The molecule has 0 saturated carbocycles. The standard InChI is InChI=1S/C13H16N4/c1-9-10(2)17-13(12(14)16-9)15-8-11-6-4-3-5-7-11/h3-7H,8H2,1-2H3,(H2,14,16)(H,15,17). The minimum atomic E-state index is 0.448. The van der Waals surface area contributed by atoms with Crippen molar-refractivity contribution in [2.75, 3.05) is 11.1 Å². The van der Waals surface area contributed by atoms with E-state index in [4.69, 9.17) is 5.73 Å². The summed E-state index contributed by atoms with van der Waals surface area (Å²) < 4.78 is 0. The number of aryl methyl sites for hydroxylation is 2. The molecular formula is C13H16N4. The molecule has 0 fully saturated rings. The molecule has 4 heteroatoms. The summed E-state index contributed by atoms with van der Waals surface area (Å²) in [7, 11) is 0. The monoisotopic (exact) mass is 228 g/mol. The second-order valence-corrected chi connectivity index (χ2v) is 3.97. The van der Waals surface area contributed by atoms with E-state index < -0.39 is 0 Å². The maximum Gasteiger partial charge on any atom is 0.169 e. The third-order valence-corrected chi connectivity index (χ3v) is 2.64. The number of hydrogen-bond donors (Lipinski definition) is 2. The molecule has 0 saturated heterocycles. The maximum atomic E-state index is 5.82. The molecule has 0 bridgehead atoms. The molecular weight excluding hydrogens is 212 g/mol. The van der Waals surface area contributed by atoms with Crippen LogP contribution in [0, 0.1) is 13.8 Å². The van der Waals surface area contributed by atoms with Gasteiger partial charge < -0.3 is 11.1 Å². The van der Waals surface area contributed by atoms with Crippen molar-refractivity contribution in [2.45, 2.75) is 20.4 Å². The Morgan fingerprint density at radius 1 is 1.06 bits per heavy atom. The highest BCUT2D eigenvalue weighted by atomic mass is 15.1. The van der Waals surface area contributed by atoms with Crippen molar-refractivity contribution < 1.29 is 0 Å². The van der Waals surface area contributed by atoms with Crippen molar-refractivity contribution in [2.24, 2.45) is 0 Å². The lowest BCUT2D eigenvalue weighted by molar-refractivity contribution is 1.02. The fraction of sp³-hybridized carbons (Fsp3) is 0.231. The number of rotatable bonds is 3. The fourth-order valence-corrected chi connectivity index (χ4v) is 1.53. The van der Waals surface area contributed by atoms with Gasteiger partial charge in [0.1, 0.15) is 0 Å². The molecule has 0 radical (unpaired) electrons. The summed E-state index contributed by atoms with van der Waals surface area (Å²) in [6.45, 7) is 4.53. The zero-order valence-corrected chi connectivity index (χ0v) is 10.1. The average Bonchev–Trinajstić information content (AvgIpc) is 2.33. The van der Waals surface area contributed by atoms with Crippen molar-refractivity contribution in [3.05, 3.63) is 47.3 Å². The van der Waals surface area contributed by atoms with Crippen LogP contribution in [0.4, 0.5) is 11.6 Å². The van der Waals surface area contributed by atoms with Gasteiger partial charge in [0.05, 0.1) is 11.4 Å². The molecule has 0 amide bonds. The molecule has 0 spiro atoms. The van der Waals surface area contributed by atoms with E-state index >= 15 is 0 Å².